The van der Waals surface area contributed by atoms with E-state index in [9.17, 15) is 0 Å². The third-order valence-electron chi connectivity index (χ3n) is 0.998. The molecule has 0 saturated carbocycles. The van der Waals surface area contributed by atoms with Crippen LogP contribution in [0.25, 0.3) is 0 Å². The number of hydrogen-bond donors (Lipinski definition) is 0. The molecule has 1 rings (SSSR count). The maximum absolute atomic E-state index is 5.66. The van der Waals surface area contributed by atoms with Gasteiger partial charge in [0.15, 0.2) is 0 Å². The molecule has 1 aromatic carbocycles. The molecule has 0 aliphatic carbocycles. The predicted molar refractivity (Wildman–Crippen MR) is 40.0 cm³/mol. The Hall–Kier alpha value is 0.904. The van der Waals surface area contributed by atoms with Crippen LogP contribution in [0.2, 0.25) is 10.0 Å². The summed E-state index contributed by atoms with van der Waals surface area (Å²) < 4.78 is 0. The van der Waals surface area contributed by atoms with Gasteiger partial charge >= 0.3 is 0 Å². The number of halogens is 2. The van der Waals surface area contributed by atoms with Crippen molar-refractivity contribution in [3.05, 3.63) is 33.8 Å². The molecule has 0 fully saturated rings. The molecule has 10 heavy (non-hydrogen) atoms. The van der Waals surface area contributed by atoms with Crippen molar-refractivity contribution in [1.29, 1.82) is 0 Å². The third-order valence-corrected chi connectivity index (χ3v) is 1.72. The van der Waals surface area contributed by atoms with Crippen LogP contribution in [0.15, 0.2) is 12.1 Å². The summed E-state index contributed by atoms with van der Waals surface area (Å²) >= 11 is 11.3. The smallest absolute Gasteiger partial charge is 0 e. The van der Waals surface area contributed by atoms with Gasteiger partial charge in [-0.3, -0.25) is 0 Å². The van der Waals surface area contributed by atoms with Gasteiger partial charge in [-0.25, -0.2) is 0 Å². The van der Waals surface area contributed by atoms with Crippen LogP contribution in [-0.2, 0) is 32.7 Å². The van der Waals surface area contributed by atoms with E-state index < -0.39 is 0 Å². The molecule has 0 N–H and O–H groups in total. The summed E-state index contributed by atoms with van der Waals surface area (Å²) in [6, 6.07) is 6.37. The fourth-order valence-corrected chi connectivity index (χ4v) is 0.874. The third kappa shape index (κ3) is 2.88. The van der Waals surface area contributed by atoms with Crippen molar-refractivity contribution in [3.63, 3.8) is 0 Å². The van der Waals surface area contributed by atoms with E-state index in [1.165, 1.54) is 0 Å². The van der Waals surface area contributed by atoms with E-state index in [0.717, 1.165) is 5.56 Å². The standard InChI is InChI=1S/C7H5Cl2.Y/c1-5-2-3-6(8)7(9)4-5;/h3-4H,1H3;/q-1;. The second-order valence-electron chi connectivity index (χ2n) is 1.81. The van der Waals surface area contributed by atoms with Gasteiger partial charge in [0.1, 0.15) is 0 Å². The van der Waals surface area contributed by atoms with Crippen LogP contribution in [0, 0.1) is 13.0 Å². The number of benzene rings is 1. The molecule has 0 heterocycles. The Morgan fingerprint density at radius 3 is 2.30 bits per heavy atom. The SMILES string of the molecule is Cc1[c-]cc(Cl)c(Cl)c1.[Y]. The Labute approximate surface area is 95.8 Å². The van der Waals surface area contributed by atoms with Crippen molar-refractivity contribution in [2.45, 2.75) is 6.92 Å². The van der Waals surface area contributed by atoms with Crippen LogP contribution in [0.4, 0.5) is 0 Å². The first kappa shape index (κ1) is 10.9. The van der Waals surface area contributed by atoms with E-state index in [4.69, 9.17) is 23.2 Å². The first-order chi connectivity index (χ1) is 4.20. The van der Waals surface area contributed by atoms with Gasteiger partial charge in [-0.05, 0) is 5.02 Å². The molecule has 0 aromatic heterocycles. The molecule has 0 atom stereocenters. The van der Waals surface area contributed by atoms with Crippen LogP contribution >= 0.6 is 23.2 Å². The maximum Gasteiger partial charge on any atom is 0 e. The second-order valence-corrected chi connectivity index (χ2v) is 2.63. The molecule has 0 aliphatic rings. The van der Waals surface area contributed by atoms with Crippen LogP contribution in [0.5, 0.6) is 0 Å². The van der Waals surface area contributed by atoms with Crippen molar-refractivity contribution in [2.24, 2.45) is 0 Å². The molecular weight excluding hydrogens is 244 g/mol. The average Bonchev–Trinajstić information content (AvgIpc) is 1.80. The van der Waals surface area contributed by atoms with Crippen LogP contribution in [0.1, 0.15) is 5.56 Å². The van der Waals surface area contributed by atoms with E-state index in [-0.39, 0.29) is 32.7 Å². The Balaban J connectivity index is 0.000000810. The molecule has 0 spiro atoms. The molecule has 1 radical (unpaired) electrons. The van der Waals surface area contributed by atoms with Crippen LogP contribution in [0.3, 0.4) is 0 Å². The van der Waals surface area contributed by atoms with E-state index in [1.54, 1.807) is 12.1 Å². The molecule has 0 amide bonds. The first-order valence-corrected chi connectivity index (χ1v) is 3.29. The molecule has 0 aliphatic heterocycles. The van der Waals surface area contributed by atoms with Crippen molar-refractivity contribution >= 4 is 23.2 Å². The van der Waals surface area contributed by atoms with Gasteiger partial charge in [0.2, 0.25) is 0 Å². The normalized spacial score (nSPS) is 8.70. The van der Waals surface area contributed by atoms with Gasteiger partial charge < -0.3 is 0 Å². The molecular formula is C7H5Cl2Y-. The summed E-state index contributed by atoms with van der Waals surface area (Å²) in [4.78, 5) is 0. The zero-order chi connectivity index (χ0) is 6.85. The van der Waals surface area contributed by atoms with Crippen molar-refractivity contribution in [3.8, 4) is 0 Å². The van der Waals surface area contributed by atoms with Gasteiger partial charge in [-0.1, -0.05) is 11.9 Å². The Bertz CT molecular complexity index is 223. The summed E-state index contributed by atoms with van der Waals surface area (Å²) in [6.07, 6.45) is 0. The Morgan fingerprint density at radius 2 is 1.90 bits per heavy atom. The van der Waals surface area contributed by atoms with Gasteiger partial charge in [-0.15, -0.1) is 17.7 Å². The molecule has 0 saturated heterocycles. The second kappa shape index (κ2) is 4.72. The fourth-order valence-electron chi connectivity index (χ4n) is 0.547. The molecule has 0 unspecified atom stereocenters. The first-order valence-electron chi connectivity index (χ1n) is 2.53. The molecule has 0 bridgehead atoms. The monoisotopic (exact) mass is 248 g/mol. The molecule has 1 aromatic rings. The zero-order valence-corrected chi connectivity index (χ0v) is 9.84. The van der Waals surface area contributed by atoms with E-state index in [1.807, 2.05) is 6.92 Å². The minimum Gasteiger partial charge on any atom is -0.179 e. The quantitative estimate of drug-likeness (QED) is 0.619. The topological polar surface area (TPSA) is 0 Å². The van der Waals surface area contributed by atoms with Crippen molar-refractivity contribution in [2.75, 3.05) is 0 Å². The Morgan fingerprint density at radius 1 is 1.30 bits per heavy atom. The number of rotatable bonds is 0. The molecule has 0 nitrogen and oxygen atoms in total. The number of hydrogen-bond acceptors (Lipinski definition) is 0. The number of aryl methyl sites for hydroxylation is 1. The summed E-state index contributed by atoms with van der Waals surface area (Å²) in [5, 5.41) is 1.15. The summed E-state index contributed by atoms with van der Waals surface area (Å²) in [5.74, 6) is 0. The van der Waals surface area contributed by atoms with E-state index in [2.05, 4.69) is 6.07 Å². The minimum atomic E-state index is 0. The Kier molecular flexibility index (Phi) is 5.14. The average molecular weight is 249 g/mol. The van der Waals surface area contributed by atoms with E-state index in [0.29, 0.717) is 10.0 Å². The fraction of sp³-hybridized carbons (Fsp3) is 0.143. The van der Waals surface area contributed by atoms with Crippen molar-refractivity contribution < 1.29 is 32.7 Å². The molecule has 3 heteroatoms. The summed E-state index contributed by atoms with van der Waals surface area (Å²) in [6.45, 7) is 1.92. The van der Waals surface area contributed by atoms with Crippen molar-refractivity contribution in [1.82, 2.24) is 0 Å². The van der Waals surface area contributed by atoms with Gasteiger partial charge in [-0.2, -0.15) is 29.3 Å². The molecule has 51 valence electrons. The van der Waals surface area contributed by atoms with Crippen LogP contribution in [-0.4, -0.2) is 0 Å². The van der Waals surface area contributed by atoms with Gasteiger partial charge in [0.25, 0.3) is 0 Å². The van der Waals surface area contributed by atoms with Gasteiger partial charge in [0, 0.05) is 32.7 Å². The zero-order valence-electron chi connectivity index (χ0n) is 5.49. The summed E-state index contributed by atoms with van der Waals surface area (Å²) in [5.41, 5.74) is 1.00. The van der Waals surface area contributed by atoms with Crippen LogP contribution < -0.4 is 0 Å². The predicted octanol–water partition coefficient (Wildman–Crippen LogP) is 3.10. The van der Waals surface area contributed by atoms with E-state index >= 15 is 0 Å². The minimum absolute atomic E-state index is 0. The maximum atomic E-state index is 5.66. The van der Waals surface area contributed by atoms with Gasteiger partial charge in [0.05, 0.1) is 0 Å². The largest absolute Gasteiger partial charge is 0.179 e. The summed E-state index contributed by atoms with van der Waals surface area (Å²) in [7, 11) is 0.